The van der Waals surface area contributed by atoms with E-state index in [1.807, 2.05) is 18.2 Å². The smallest absolute Gasteiger partial charge is 0.308 e. The number of nitrogens with zero attached hydrogens (tertiary/aromatic N) is 2. The first-order valence-electron chi connectivity index (χ1n) is 8.18. The molecule has 0 aromatic heterocycles. The molecule has 1 aromatic carbocycles. The number of primary amides is 1. The quantitative estimate of drug-likeness (QED) is 0.567. The standard InChI is InChI=1S/C17H22N4O5.ClH/c18-9-15(23)21-7-6-20(10-14(19)22)17(25)13(21)8-16(24)26-11-12-4-2-1-3-5-12;/h1-5,13H,6-11,18H2,(H2,19,22);1H/t13-;/m0./s1. The van der Waals surface area contributed by atoms with Crippen LogP contribution in [0.25, 0.3) is 0 Å². The average molecular weight is 399 g/mol. The summed E-state index contributed by atoms with van der Waals surface area (Å²) in [4.78, 5) is 50.3. The molecule has 1 aliphatic rings. The van der Waals surface area contributed by atoms with Crippen LogP contribution in [0.1, 0.15) is 12.0 Å². The second-order valence-corrected chi connectivity index (χ2v) is 5.88. The lowest BCUT2D eigenvalue weighted by Crippen LogP contribution is -2.61. The van der Waals surface area contributed by atoms with Crippen LogP contribution in [0.4, 0.5) is 0 Å². The maximum Gasteiger partial charge on any atom is 0.308 e. The number of benzene rings is 1. The van der Waals surface area contributed by atoms with Gasteiger partial charge >= 0.3 is 5.97 Å². The fourth-order valence-corrected chi connectivity index (χ4v) is 2.75. The van der Waals surface area contributed by atoms with Crippen LogP contribution in [-0.2, 0) is 30.5 Å². The fraction of sp³-hybridized carbons (Fsp3) is 0.412. The Morgan fingerprint density at radius 3 is 2.41 bits per heavy atom. The molecule has 0 spiro atoms. The predicted octanol–water partition coefficient (Wildman–Crippen LogP) is -0.975. The van der Waals surface area contributed by atoms with Crippen molar-refractivity contribution in [1.82, 2.24) is 9.80 Å². The summed E-state index contributed by atoms with van der Waals surface area (Å²) in [6, 6.07) is 8.03. The lowest BCUT2D eigenvalue weighted by molar-refractivity contribution is -0.158. The van der Waals surface area contributed by atoms with Crippen molar-refractivity contribution in [2.75, 3.05) is 26.2 Å². The Morgan fingerprint density at radius 2 is 1.81 bits per heavy atom. The third-order valence-corrected chi connectivity index (χ3v) is 4.03. The van der Waals surface area contributed by atoms with E-state index in [2.05, 4.69) is 0 Å². The lowest BCUT2D eigenvalue weighted by Gasteiger charge is -2.39. The zero-order valence-corrected chi connectivity index (χ0v) is 15.5. The van der Waals surface area contributed by atoms with Gasteiger partial charge in [-0.3, -0.25) is 19.2 Å². The highest BCUT2D eigenvalue weighted by Crippen LogP contribution is 2.16. The van der Waals surface area contributed by atoms with Crippen molar-refractivity contribution in [3.63, 3.8) is 0 Å². The van der Waals surface area contributed by atoms with Gasteiger partial charge in [-0.15, -0.1) is 12.4 Å². The first-order valence-corrected chi connectivity index (χ1v) is 8.18. The largest absolute Gasteiger partial charge is 0.461 e. The topological polar surface area (TPSA) is 136 Å². The summed E-state index contributed by atoms with van der Waals surface area (Å²) in [5.74, 6) is -2.25. The molecule has 0 radical (unpaired) electrons. The highest BCUT2D eigenvalue weighted by molar-refractivity contribution is 5.94. The SMILES string of the molecule is Cl.NCC(=O)N1CCN(CC(N)=O)C(=O)[C@@H]1CC(=O)OCc1ccccc1. The molecule has 1 saturated heterocycles. The number of esters is 1. The summed E-state index contributed by atoms with van der Waals surface area (Å²) in [5.41, 5.74) is 11.3. The predicted molar refractivity (Wildman–Crippen MR) is 98.4 cm³/mol. The minimum absolute atomic E-state index is 0. The van der Waals surface area contributed by atoms with Crippen molar-refractivity contribution in [2.45, 2.75) is 19.1 Å². The van der Waals surface area contributed by atoms with E-state index in [1.165, 1.54) is 9.80 Å². The normalized spacial score (nSPS) is 16.5. The van der Waals surface area contributed by atoms with Crippen LogP contribution >= 0.6 is 12.4 Å². The van der Waals surface area contributed by atoms with E-state index in [1.54, 1.807) is 12.1 Å². The van der Waals surface area contributed by atoms with Gasteiger partial charge in [0.2, 0.25) is 17.7 Å². The maximum atomic E-state index is 12.6. The van der Waals surface area contributed by atoms with E-state index < -0.39 is 29.7 Å². The third kappa shape index (κ3) is 6.22. The van der Waals surface area contributed by atoms with Gasteiger partial charge in [-0.25, -0.2) is 0 Å². The molecule has 0 saturated carbocycles. The van der Waals surface area contributed by atoms with Crippen LogP contribution in [0.2, 0.25) is 0 Å². The Hall–Kier alpha value is -2.65. The van der Waals surface area contributed by atoms with Gasteiger partial charge in [-0.1, -0.05) is 30.3 Å². The second kappa shape index (κ2) is 10.5. The fourth-order valence-electron chi connectivity index (χ4n) is 2.75. The molecule has 2 rings (SSSR count). The molecule has 3 amide bonds. The lowest BCUT2D eigenvalue weighted by atomic mass is 10.1. The van der Waals surface area contributed by atoms with Gasteiger partial charge in [0.1, 0.15) is 12.6 Å². The van der Waals surface area contributed by atoms with Crippen LogP contribution in [0.3, 0.4) is 0 Å². The third-order valence-electron chi connectivity index (χ3n) is 4.03. The Kier molecular flexibility index (Phi) is 8.70. The van der Waals surface area contributed by atoms with Gasteiger partial charge in [0.25, 0.3) is 0 Å². The van der Waals surface area contributed by atoms with Crippen molar-refractivity contribution in [1.29, 1.82) is 0 Å². The van der Waals surface area contributed by atoms with E-state index >= 15 is 0 Å². The minimum atomic E-state index is -1.05. The van der Waals surface area contributed by atoms with Crippen molar-refractivity contribution in [3.05, 3.63) is 35.9 Å². The number of ether oxygens (including phenoxy) is 1. The average Bonchev–Trinajstić information content (AvgIpc) is 2.63. The Bertz CT molecular complexity index is 685. The monoisotopic (exact) mass is 398 g/mol. The summed E-state index contributed by atoms with van der Waals surface area (Å²) in [7, 11) is 0. The van der Waals surface area contributed by atoms with Crippen molar-refractivity contribution in [2.24, 2.45) is 11.5 Å². The summed E-state index contributed by atoms with van der Waals surface area (Å²) in [5, 5.41) is 0. The zero-order valence-electron chi connectivity index (χ0n) is 14.7. The molecule has 1 heterocycles. The highest BCUT2D eigenvalue weighted by Gasteiger charge is 2.39. The molecule has 1 atom stereocenters. The van der Waals surface area contributed by atoms with Crippen LogP contribution in [0.5, 0.6) is 0 Å². The van der Waals surface area contributed by atoms with E-state index in [9.17, 15) is 19.2 Å². The molecule has 4 N–H and O–H groups in total. The number of halogens is 1. The maximum absolute atomic E-state index is 12.6. The molecule has 0 aliphatic carbocycles. The number of piperazine rings is 1. The molecule has 1 aliphatic heterocycles. The molecular weight excluding hydrogens is 376 g/mol. The summed E-state index contributed by atoms with van der Waals surface area (Å²) in [6.07, 6.45) is -0.313. The molecule has 27 heavy (non-hydrogen) atoms. The van der Waals surface area contributed by atoms with Crippen molar-refractivity contribution < 1.29 is 23.9 Å². The number of amides is 3. The number of hydrogen-bond donors (Lipinski definition) is 2. The van der Waals surface area contributed by atoms with Gasteiger partial charge in [0, 0.05) is 13.1 Å². The van der Waals surface area contributed by atoms with E-state index in [-0.39, 0.29) is 51.6 Å². The molecule has 10 heteroatoms. The Morgan fingerprint density at radius 1 is 1.15 bits per heavy atom. The minimum Gasteiger partial charge on any atom is -0.461 e. The van der Waals surface area contributed by atoms with Crippen molar-refractivity contribution >= 4 is 36.1 Å². The van der Waals surface area contributed by atoms with Gasteiger partial charge in [0.15, 0.2) is 0 Å². The summed E-state index contributed by atoms with van der Waals surface area (Å²) in [6.45, 7) is -0.150. The highest BCUT2D eigenvalue weighted by atomic mass is 35.5. The number of rotatable bonds is 7. The van der Waals surface area contributed by atoms with Crippen LogP contribution in [-0.4, -0.2) is 65.7 Å². The van der Waals surface area contributed by atoms with E-state index in [0.717, 1.165) is 5.56 Å². The van der Waals surface area contributed by atoms with Crippen LogP contribution in [0, 0.1) is 0 Å². The zero-order chi connectivity index (χ0) is 19.1. The van der Waals surface area contributed by atoms with E-state index in [4.69, 9.17) is 16.2 Å². The van der Waals surface area contributed by atoms with Gasteiger partial charge in [-0.05, 0) is 5.56 Å². The van der Waals surface area contributed by atoms with Gasteiger partial charge < -0.3 is 26.0 Å². The molecule has 1 fully saturated rings. The van der Waals surface area contributed by atoms with E-state index in [0.29, 0.717) is 0 Å². The number of carbonyl (C=O) groups is 4. The molecule has 1 aromatic rings. The van der Waals surface area contributed by atoms with Crippen LogP contribution < -0.4 is 11.5 Å². The number of carbonyl (C=O) groups excluding carboxylic acids is 4. The van der Waals surface area contributed by atoms with Crippen LogP contribution in [0.15, 0.2) is 30.3 Å². The molecule has 9 nitrogen and oxygen atoms in total. The van der Waals surface area contributed by atoms with Gasteiger partial charge in [-0.2, -0.15) is 0 Å². The first-order chi connectivity index (χ1) is 12.4. The number of nitrogens with two attached hydrogens (primary N) is 2. The summed E-state index contributed by atoms with van der Waals surface area (Å²) < 4.78 is 5.19. The second-order valence-electron chi connectivity index (χ2n) is 5.88. The Balaban J connectivity index is 0.00000364. The summed E-state index contributed by atoms with van der Waals surface area (Å²) >= 11 is 0. The molecule has 148 valence electrons. The number of hydrogen-bond acceptors (Lipinski definition) is 6. The first kappa shape index (κ1) is 22.4. The van der Waals surface area contributed by atoms with Gasteiger partial charge in [0.05, 0.1) is 19.5 Å². The molecular formula is C17H23ClN4O5. The molecule has 0 unspecified atom stereocenters. The molecule has 0 bridgehead atoms. The Labute approximate surface area is 163 Å². The van der Waals surface area contributed by atoms with Crippen molar-refractivity contribution in [3.8, 4) is 0 Å².